The molecule has 1 fully saturated rings. The van der Waals surface area contributed by atoms with Crippen LogP contribution in [0.1, 0.15) is 28.9 Å². The summed E-state index contributed by atoms with van der Waals surface area (Å²) >= 11 is 1.65. The average Bonchev–Trinajstić information content (AvgIpc) is 3.10. The van der Waals surface area contributed by atoms with Crippen molar-refractivity contribution in [2.75, 3.05) is 0 Å². The van der Waals surface area contributed by atoms with Gasteiger partial charge in [0.05, 0.1) is 0 Å². The van der Waals surface area contributed by atoms with Crippen molar-refractivity contribution in [1.82, 2.24) is 10.1 Å². The molecule has 1 aliphatic carbocycles. The van der Waals surface area contributed by atoms with Crippen LogP contribution in [0.5, 0.6) is 0 Å². The first kappa shape index (κ1) is 14.2. The molecule has 1 aliphatic rings. The van der Waals surface area contributed by atoms with E-state index >= 15 is 0 Å². The van der Waals surface area contributed by atoms with Crippen molar-refractivity contribution in [3.8, 4) is 11.3 Å². The summed E-state index contributed by atoms with van der Waals surface area (Å²) in [5.41, 5.74) is 2.47. The second-order valence-electron chi connectivity index (χ2n) is 5.74. The van der Waals surface area contributed by atoms with Gasteiger partial charge in [-0.1, -0.05) is 35.5 Å². The number of hydrogen-bond acceptors (Lipinski definition) is 4. The van der Waals surface area contributed by atoms with Crippen LogP contribution < -0.4 is 0 Å². The van der Waals surface area contributed by atoms with Gasteiger partial charge in [-0.05, 0) is 35.2 Å². The summed E-state index contributed by atoms with van der Waals surface area (Å²) in [5, 5.41) is 8.11. The van der Waals surface area contributed by atoms with Gasteiger partial charge in [-0.2, -0.15) is 11.3 Å². The molecule has 3 aromatic rings. The third-order valence-electron chi connectivity index (χ3n) is 3.97. The Bertz CT molecular complexity index is 792. The summed E-state index contributed by atoms with van der Waals surface area (Å²) in [4.78, 5) is 14.7. The van der Waals surface area contributed by atoms with Crippen LogP contribution in [0.2, 0.25) is 0 Å². The van der Waals surface area contributed by atoms with Gasteiger partial charge in [-0.15, -0.1) is 0 Å². The van der Waals surface area contributed by atoms with Crippen LogP contribution in [-0.4, -0.2) is 22.0 Å². The lowest BCUT2D eigenvalue weighted by molar-refractivity contribution is 0.0719. The fraction of sp³-hybridized carbons (Fsp3) is 0.222. The maximum Gasteiger partial charge on any atom is 0.276 e. The van der Waals surface area contributed by atoms with Gasteiger partial charge in [0, 0.05) is 24.2 Å². The SMILES string of the molecule is O=C(c1cc(-c2ccccc2)on1)N(Cc1ccsc1)C1CC1. The van der Waals surface area contributed by atoms with E-state index in [-0.39, 0.29) is 5.91 Å². The molecule has 0 spiro atoms. The largest absolute Gasteiger partial charge is 0.355 e. The molecule has 0 radical (unpaired) electrons. The van der Waals surface area contributed by atoms with Gasteiger partial charge in [-0.3, -0.25) is 4.79 Å². The predicted molar refractivity (Wildman–Crippen MR) is 89.2 cm³/mol. The van der Waals surface area contributed by atoms with Crippen LogP contribution in [0.25, 0.3) is 11.3 Å². The van der Waals surface area contributed by atoms with Crippen LogP contribution in [0.15, 0.2) is 57.7 Å². The second-order valence-corrected chi connectivity index (χ2v) is 6.52. The van der Waals surface area contributed by atoms with E-state index in [9.17, 15) is 4.79 Å². The van der Waals surface area contributed by atoms with E-state index in [1.807, 2.05) is 40.6 Å². The van der Waals surface area contributed by atoms with Crippen LogP contribution >= 0.6 is 11.3 Å². The second kappa shape index (κ2) is 6.01. The van der Waals surface area contributed by atoms with Crippen molar-refractivity contribution < 1.29 is 9.32 Å². The molecule has 0 unspecified atom stereocenters. The Morgan fingerprint density at radius 3 is 2.78 bits per heavy atom. The van der Waals surface area contributed by atoms with E-state index < -0.39 is 0 Å². The monoisotopic (exact) mass is 324 g/mol. The van der Waals surface area contributed by atoms with E-state index in [1.165, 1.54) is 5.56 Å². The molecule has 4 nitrogen and oxygen atoms in total. The molecule has 1 aromatic carbocycles. The molecule has 1 amide bonds. The Morgan fingerprint density at radius 1 is 1.26 bits per heavy atom. The lowest BCUT2D eigenvalue weighted by atomic mass is 10.1. The third-order valence-corrected chi connectivity index (χ3v) is 4.70. The highest BCUT2D eigenvalue weighted by Crippen LogP contribution is 2.30. The standard InChI is InChI=1S/C18H16N2O2S/c21-18(20(15-6-7-15)11-13-8-9-23-12-13)16-10-17(22-19-16)14-4-2-1-3-5-14/h1-5,8-10,12,15H,6-7,11H2. The minimum Gasteiger partial charge on any atom is -0.355 e. The molecule has 4 rings (SSSR count). The van der Waals surface area contributed by atoms with E-state index in [0.717, 1.165) is 18.4 Å². The van der Waals surface area contributed by atoms with Gasteiger partial charge >= 0.3 is 0 Å². The number of rotatable bonds is 5. The normalized spacial score (nSPS) is 13.9. The molecule has 0 bridgehead atoms. The van der Waals surface area contributed by atoms with Crippen molar-refractivity contribution >= 4 is 17.2 Å². The van der Waals surface area contributed by atoms with E-state index in [4.69, 9.17) is 4.52 Å². The van der Waals surface area contributed by atoms with E-state index in [1.54, 1.807) is 17.4 Å². The number of thiophene rings is 1. The highest BCUT2D eigenvalue weighted by molar-refractivity contribution is 7.07. The van der Waals surface area contributed by atoms with Gasteiger partial charge in [0.1, 0.15) is 0 Å². The van der Waals surface area contributed by atoms with Crippen LogP contribution in [0.4, 0.5) is 0 Å². The summed E-state index contributed by atoms with van der Waals surface area (Å²) in [6.07, 6.45) is 2.14. The van der Waals surface area contributed by atoms with Gasteiger partial charge in [-0.25, -0.2) is 0 Å². The lowest BCUT2D eigenvalue weighted by Gasteiger charge is -2.20. The molecule has 0 aliphatic heterocycles. The smallest absolute Gasteiger partial charge is 0.276 e. The maximum atomic E-state index is 12.8. The molecule has 1 saturated carbocycles. The average molecular weight is 324 g/mol. The molecule has 116 valence electrons. The van der Waals surface area contributed by atoms with Crippen LogP contribution in [0.3, 0.4) is 0 Å². The van der Waals surface area contributed by atoms with Gasteiger partial charge < -0.3 is 9.42 Å². The highest BCUT2D eigenvalue weighted by atomic mass is 32.1. The van der Waals surface area contributed by atoms with E-state index in [0.29, 0.717) is 24.0 Å². The highest BCUT2D eigenvalue weighted by Gasteiger charge is 2.34. The van der Waals surface area contributed by atoms with Crippen molar-refractivity contribution in [1.29, 1.82) is 0 Å². The molecular formula is C18H16N2O2S. The zero-order valence-electron chi connectivity index (χ0n) is 12.5. The molecule has 2 aromatic heterocycles. The summed E-state index contributed by atoms with van der Waals surface area (Å²) in [6, 6.07) is 13.8. The van der Waals surface area contributed by atoms with Crippen LogP contribution in [-0.2, 0) is 6.54 Å². The number of benzene rings is 1. The summed E-state index contributed by atoms with van der Waals surface area (Å²) in [5.74, 6) is 0.574. The van der Waals surface area contributed by atoms with Crippen molar-refractivity contribution in [3.05, 3.63) is 64.5 Å². The molecule has 5 heteroatoms. The minimum absolute atomic E-state index is 0.0513. The first-order valence-corrected chi connectivity index (χ1v) is 8.60. The maximum absolute atomic E-state index is 12.8. The molecule has 0 N–H and O–H groups in total. The molecule has 0 saturated heterocycles. The Hall–Kier alpha value is -2.40. The van der Waals surface area contributed by atoms with Crippen LogP contribution in [0, 0.1) is 0 Å². The first-order chi connectivity index (χ1) is 11.3. The summed E-state index contributed by atoms with van der Waals surface area (Å²) < 4.78 is 5.36. The molecular weight excluding hydrogens is 308 g/mol. The van der Waals surface area contributed by atoms with Crippen molar-refractivity contribution in [2.45, 2.75) is 25.4 Å². The van der Waals surface area contributed by atoms with Crippen molar-refractivity contribution in [2.24, 2.45) is 0 Å². The summed E-state index contributed by atoms with van der Waals surface area (Å²) in [7, 11) is 0. The number of carbonyl (C=O) groups is 1. The van der Waals surface area contributed by atoms with Gasteiger partial charge in [0.25, 0.3) is 5.91 Å². The number of nitrogens with zero attached hydrogens (tertiary/aromatic N) is 2. The topological polar surface area (TPSA) is 46.3 Å². The number of hydrogen-bond donors (Lipinski definition) is 0. The zero-order valence-corrected chi connectivity index (χ0v) is 13.3. The van der Waals surface area contributed by atoms with Crippen molar-refractivity contribution in [3.63, 3.8) is 0 Å². The Labute approximate surface area is 138 Å². The fourth-order valence-corrected chi connectivity index (χ4v) is 3.25. The number of aromatic nitrogens is 1. The summed E-state index contributed by atoms with van der Waals surface area (Å²) in [6.45, 7) is 0.639. The third kappa shape index (κ3) is 3.05. The Morgan fingerprint density at radius 2 is 2.09 bits per heavy atom. The van der Waals surface area contributed by atoms with Gasteiger partial charge in [0.2, 0.25) is 0 Å². The lowest BCUT2D eigenvalue weighted by Crippen LogP contribution is -2.32. The molecule has 23 heavy (non-hydrogen) atoms. The quantitative estimate of drug-likeness (QED) is 0.706. The number of carbonyl (C=O) groups excluding carboxylic acids is 1. The number of amides is 1. The van der Waals surface area contributed by atoms with Gasteiger partial charge in [0.15, 0.2) is 11.5 Å². The zero-order chi connectivity index (χ0) is 15.6. The predicted octanol–water partition coefficient (Wildman–Crippen LogP) is 4.21. The Kier molecular flexibility index (Phi) is 3.71. The van der Waals surface area contributed by atoms with E-state index in [2.05, 4.69) is 16.6 Å². The minimum atomic E-state index is -0.0513. The first-order valence-electron chi connectivity index (χ1n) is 7.65. The molecule has 0 atom stereocenters. The Balaban J connectivity index is 1.56. The fourth-order valence-electron chi connectivity index (χ4n) is 2.59. The molecule has 2 heterocycles.